The Kier molecular flexibility index (Phi) is 2.64. The van der Waals surface area contributed by atoms with E-state index in [1.165, 1.54) is 18.2 Å². The summed E-state index contributed by atoms with van der Waals surface area (Å²) in [6.07, 6.45) is -4.48. The van der Waals surface area contributed by atoms with Gasteiger partial charge in [-0.15, -0.1) is 0 Å². The molecule has 0 aliphatic rings. The summed E-state index contributed by atoms with van der Waals surface area (Å²) in [7, 11) is 0. The van der Waals surface area contributed by atoms with E-state index in [-0.39, 0.29) is 10.9 Å². The predicted molar refractivity (Wildman–Crippen MR) is 69.3 cm³/mol. The Balaban J connectivity index is 2.54. The van der Waals surface area contributed by atoms with Crippen molar-refractivity contribution in [2.45, 2.75) is 6.18 Å². The van der Waals surface area contributed by atoms with Crippen molar-refractivity contribution in [3.63, 3.8) is 0 Å². The molecule has 2 aromatic carbocycles. The maximum absolute atomic E-state index is 13.0. The van der Waals surface area contributed by atoms with Crippen molar-refractivity contribution < 1.29 is 13.2 Å². The van der Waals surface area contributed by atoms with Gasteiger partial charge in [0.05, 0.1) is 5.52 Å². The van der Waals surface area contributed by atoms with E-state index in [4.69, 9.17) is 11.6 Å². The smallest absolute Gasteiger partial charge is 0.243 e. The molecule has 0 saturated heterocycles. The van der Waals surface area contributed by atoms with Crippen LogP contribution in [0.4, 0.5) is 13.2 Å². The Hall–Kier alpha value is -1.81. The highest BCUT2D eigenvalue weighted by molar-refractivity contribution is 6.31. The number of benzene rings is 2. The summed E-state index contributed by atoms with van der Waals surface area (Å²) in [4.78, 5) is 3.73. The van der Waals surface area contributed by atoms with E-state index >= 15 is 0 Å². The van der Waals surface area contributed by atoms with Gasteiger partial charge in [0, 0.05) is 15.8 Å². The van der Waals surface area contributed by atoms with Crippen LogP contribution in [0.2, 0.25) is 5.02 Å². The maximum Gasteiger partial charge on any atom is 0.433 e. The summed E-state index contributed by atoms with van der Waals surface area (Å²) in [5, 5.41) is 1.68. The average Bonchev–Trinajstić information content (AvgIpc) is 2.37. The molecule has 0 radical (unpaired) electrons. The first kappa shape index (κ1) is 12.2. The van der Waals surface area contributed by atoms with Gasteiger partial charge in [-0.25, -0.2) is 4.98 Å². The molecule has 96 valence electrons. The van der Waals surface area contributed by atoms with Gasteiger partial charge in [0.2, 0.25) is 0 Å². The number of hydrogen-bond donors (Lipinski definition) is 0. The number of pyridine rings is 1. The zero-order valence-electron chi connectivity index (χ0n) is 9.50. The van der Waals surface area contributed by atoms with Gasteiger partial charge in [-0.1, -0.05) is 35.9 Å². The van der Waals surface area contributed by atoms with E-state index in [2.05, 4.69) is 4.98 Å². The summed E-state index contributed by atoms with van der Waals surface area (Å²) in [6, 6.07) is 11.0. The molecule has 0 bridgehead atoms. The number of aromatic nitrogens is 1. The summed E-state index contributed by atoms with van der Waals surface area (Å²) >= 11 is 5.90. The third-order valence-corrected chi connectivity index (χ3v) is 3.17. The minimum absolute atomic E-state index is 0.0877. The van der Waals surface area contributed by atoms with Gasteiger partial charge >= 0.3 is 6.18 Å². The largest absolute Gasteiger partial charge is 0.433 e. The second-order valence-electron chi connectivity index (χ2n) is 4.17. The van der Waals surface area contributed by atoms with E-state index in [0.717, 1.165) is 0 Å². The number of hydrogen-bond acceptors (Lipinski definition) is 1. The Morgan fingerprint density at radius 1 is 0.895 bits per heavy atom. The van der Waals surface area contributed by atoms with Crippen LogP contribution >= 0.6 is 11.6 Å². The van der Waals surface area contributed by atoms with Gasteiger partial charge in [0.15, 0.2) is 5.69 Å². The number of rotatable bonds is 0. The number of halogens is 4. The van der Waals surface area contributed by atoms with Gasteiger partial charge in [0.25, 0.3) is 0 Å². The quantitative estimate of drug-likeness (QED) is 0.525. The molecule has 0 atom stereocenters. The molecule has 0 N–H and O–H groups in total. The molecule has 3 rings (SSSR count). The second-order valence-corrected chi connectivity index (χ2v) is 4.60. The van der Waals surface area contributed by atoms with Gasteiger partial charge in [-0.3, -0.25) is 0 Å². The molecular weight excluding hydrogens is 275 g/mol. The molecule has 5 heteroatoms. The Morgan fingerprint density at radius 2 is 1.58 bits per heavy atom. The minimum atomic E-state index is -4.48. The van der Waals surface area contributed by atoms with Crippen molar-refractivity contribution in [2.24, 2.45) is 0 Å². The lowest BCUT2D eigenvalue weighted by atomic mass is 10.0. The van der Waals surface area contributed by atoms with Crippen molar-refractivity contribution in [3.05, 3.63) is 53.2 Å². The van der Waals surface area contributed by atoms with Crippen LogP contribution in [0, 0.1) is 0 Å². The van der Waals surface area contributed by atoms with Gasteiger partial charge < -0.3 is 0 Å². The predicted octanol–water partition coefficient (Wildman–Crippen LogP) is 5.06. The molecule has 0 spiro atoms. The van der Waals surface area contributed by atoms with Crippen molar-refractivity contribution in [2.75, 3.05) is 0 Å². The molecule has 0 fully saturated rings. The van der Waals surface area contributed by atoms with Crippen LogP contribution < -0.4 is 0 Å². The third kappa shape index (κ3) is 2.02. The maximum atomic E-state index is 13.0. The van der Waals surface area contributed by atoms with Crippen LogP contribution in [0.1, 0.15) is 5.69 Å². The molecule has 1 nitrogen and oxygen atoms in total. The lowest BCUT2D eigenvalue weighted by Crippen LogP contribution is -2.09. The molecule has 1 aromatic heterocycles. The first-order chi connectivity index (χ1) is 8.97. The average molecular weight is 282 g/mol. The van der Waals surface area contributed by atoms with Crippen LogP contribution in [0.5, 0.6) is 0 Å². The summed E-state index contributed by atoms with van der Waals surface area (Å²) < 4.78 is 39.1. The molecule has 3 aromatic rings. The lowest BCUT2D eigenvalue weighted by Gasteiger charge is -2.12. The zero-order valence-corrected chi connectivity index (χ0v) is 10.3. The molecule has 0 saturated carbocycles. The van der Waals surface area contributed by atoms with E-state index in [1.807, 2.05) is 0 Å². The molecule has 19 heavy (non-hydrogen) atoms. The standard InChI is InChI=1S/C14H7ClF3N/c15-8-5-6-12-11(7-8)9-3-1-2-4-10(9)13(19-12)14(16,17)18/h1-7H. The van der Waals surface area contributed by atoms with Gasteiger partial charge in [-0.05, 0) is 23.6 Å². The van der Waals surface area contributed by atoms with Crippen LogP contribution in [-0.4, -0.2) is 4.98 Å². The second kappa shape index (κ2) is 4.10. The first-order valence-electron chi connectivity index (χ1n) is 5.52. The highest BCUT2D eigenvalue weighted by Crippen LogP contribution is 2.36. The summed E-state index contributed by atoms with van der Waals surface area (Å²) in [5.41, 5.74) is -0.576. The van der Waals surface area contributed by atoms with Gasteiger partial charge in [0.1, 0.15) is 0 Å². The summed E-state index contributed by atoms with van der Waals surface area (Å²) in [5.74, 6) is 0. The SMILES string of the molecule is FC(F)(F)c1nc2ccc(Cl)cc2c2ccccc12. The fraction of sp³-hybridized carbons (Fsp3) is 0.0714. The first-order valence-corrected chi connectivity index (χ1v) is 5.90. The number of alkyl halides is 3. The highest BCUT2D eigenvalue weighted by atomic mass is 35.5. The lowest BCUT2D eigenvalue weighted by molar-refractivity contribution is -0.139. The fourth-order valence-corrected chi connectivity index (χ4v) is 2.31. The third-order valence-electron chi connectivity index (χ3n) is 2.93. The molecule has 1 heterocycles. The van der Waals surface area contributed by atoms with Crippen molar-refractivity contribution in [1.82, 2.24) is 4.98 Å². The van der Waals surface area contributed by atoms with Crippen LogP contribution in [0.15, 0.2) is 42.5 Å². The number of nitrogens with zero attached hydrogens (tertiary/aromatic N) is 1. The fourth-order valence-electron chi connectivity index (χ4n) is 2.14. The minimum Gasteiger partial charge on any atom is -0.243 e. The highest BCUT2D eigenvalue weighted by Gasteiger charge is 2.35. The summed E-state index contributed by atoms with van der Waals surface area (Å²) in [6.45, 7) is 0. The topological polar surface area (TPSA) is 12.9 Å². The molecular formula is C14H7ClF3N. The molecule has 0 amide bonds. The number of fused-ring (bicyclic) bond motifs is 3. The van der Waals surface area contributed by atoms with Crippen LogP contribution in [-0.2, 0) is 6.18 Å². The van der Waals surface area contributed by atoms with Crippen molar-refractivity contribution in [1.29, 1.82) is 0 Å². The monoisotopic (exact) mass is 281 g/mol. The van der Waals surface area contributed by atoms with Crippen molar-refractivity contribution >= 4 is 33.3 Å². The Bertz CT molecular complexity index is 781. The normalized spacial score (nSPS) is 12.2. The molecule has 0 aliphatic heterocycles. The zero-order chi connectivity index (χ0) is 13.6. The van der Waals surface area contributed by atoms with E-state index < -0.39 is 11.9 Å². The van der Waals surface area contributed by atoms with E-state index in [9.17, 15) is 13.2 Å². The molecule has 0 unspecified atom stereocenters. The molecule has 0 aliphatic carbocycles. The Labute approximate surface area is 111 Å². The van der Waals surface area contributed by atoms with Crippen LogP contribution in [0.25, 0.3) is 21.7 Å². The van der Waals surface area contributed by atoms with Gasteiger partial charge in [-0.2, -0.15) is 13.2 Å². The van der Waals surface area contributed by atoms with E-state index in [1.54, 1.807) is 24.3 Å². The van der Waals surface area contributed by atoms with E-state index in [0.29, 0.717) is 15.8 Å². The Morgan fingerprint density at radius 3 is 2.26 bits per heavy atom. The van der Waals surface area contributed by atoms with Crippen LogP contribution in [0.3, 0.4) is 0 Å². The van der Waals surface area contributed by atoms with Crippen molar-refractivity contribution in [3.8, 4) is 0 Å².